The van der Waals surface area contributed by atoms with Crippen LogP contribution in [0.3, 0.4) is 0 Å². The lowest BCUT2D eigenvalue weighted by Gasteiger charge is -2.17. The van der Waals surface area contributed by atoms with Crippen LogP contribution < -0.4 is 22.2 Å². The van der Waals surface area contributed by atoms with Crippen LogP contribution in [0.25, 0.3) is 10.8 Å². The fourth-order valence-electron chi connectivity index (χ4n) is 1.85. The molecule has 0 aromatic heterocycles. The molecule has 1 aliphatic rings. The summed E-state index contributed by atoms with van der Waals surface area (Å²) in [5, 5.41) is 4.91. The van der Waals surface area contributed by atoms with Crippen molar-refractivity contribution in [1.82, 2.24) is 5.23 Å². The van der Waals surface area contributed by atoms with Gasteiger partial charge in [-0.1, -0.05) is 35.6 Å². The molecule has 0 fully saturated rings. The molecule has 76 valence electrons. The van der Waals surface area contributed by atoms with Gasteiger partial charge < -0.3 is 0 Å². The number of fused-ring (bicyclic) bond motifs is 3. The molecular weight excluding hydrogens is 190 g/mol. The van der Waals surface area contributed by atoms with Crippen molar-refractivity contribution in [1.29, 1.82) is 0 Å². The molecule has 0 saturated carbocycles. The number of hydrogen-bond acceptors (Lipinski definition) is 5. The highest BCUT2D eigenvalue weighted by molar-refractivity contribution is 6.01. The zero-order chi connectivity index (χ0) is 10.4. The van der Waals surface area contributed by atoms with Crippen LogP contribution >= 0.6 is 0 Å². The number of hydrogen-bond donors (Lipinski definition) is 3. The Morgan fingerprint density at radius 1 is 1.00 bits per heavy atom. The maximum atomic E-state index is 5.75. The molecule has 0 amide bonds. The van der Waals surface area contributed by atoms with Gasteiger partial charge in [0.25, 0.3) is 0 Å². The van der Waals surface area contributed by atoms with Crippen LogP contribution in [0.4, 0.5) is 11.4 Å². The molecule has 5 N–H and O–H groups in total. The summed E-state index contributed by atoms with van der Waals surface area (Å²) < 4.78 is 0. The third-order valence-corrected chi connectivity index (χ3v) is 2.61. The van der Waals surface area contributed by atoms with Crippen LogP contribution in [0.5, 0.6) is 0 Å². The van der Waals surface area contributed by atoms with Crippen LogP contribution in [0.2, 0.25) is 0 Å². The maximum Gasteiger partial charge on any atom is 0.0987 e. The first-order valence-electron chi connectivity index (χ1n) is 4.65. The first kappa shape index (κ1) is 8.49. The van der Waals surface area contributed by atoms with Crippen molar-refractivity contribution in [2.24, 2.45) is 11.7 Å². The van der Waals surface area contributed by atoms with E-state index in [0.717, 1.165) is 22.1 Å². The van der Waals surface area contributed by atoms with Gasteiger partial charge in [-0.2, -0.15) is 0 Å². The largest absolute Gasteiger partial charge is 0.283 e. The summed E-state index contributed by atoms with van der Waals surface area (Å²) in [5.74, 6) is 11.4. The highest BCUT2D eigenvalue weighted by atomic mass is 16.0. The van der Waals surface area contributed by atoms with Gasteiger partial charge in [0, 0.05) is 5.39 Å². The summed E-state index contributed by atoms with van der Waals surface area (Å²) in [7, 11) is 0. The fourth-order valence-corrected chi connectivity index (χ4v) is 1.85. The topological polar surface area (TPSA) is 70.5 Å². The molecule has 0 aliphatic carbocycles. The Morgan fingerprint density at radius 3 is 2.67 bits per heavy atom. The number of nitrogens with one attached hydrogen (secondary N) is 1. The van der Waals surface area contributed by atoms with E-state index in [1.54, 1.807) is 0 Å². The molecule has 2 aromatic rings. The fraction of sp³-hybridized carbons (Fsp3) is 0. The van der Waals surface area contributed by atoms with Crippen molar-refractivity contribution in [3.63, 3.8) is 0 Å². The third-order valence-electron chi connectivity index (χ3n) is 2.61. The van der Waals surface area contributed by atoms with Crippen molar-refractivity contribution < 1.29 is 0 Å². The van der Waals surface area contributed by atoms with Crippen molar-refractivity contribution in [3.8, 4) is 0 Å². The first-order valence-corrected chi connectivity index (χ1v) is 4.65. The van der Waals surface area contributed by atoms with Gasteiger partial charge in [-0.3, -0.25) is 5.43 Å². The number of anilines is 2. The van der Waals surface area contributed by atoms with E-state index < -0.39 is 0 Å². The van der Waals surface area contributed by atoms with Gasteiger partial charge in [-0.05, 0) is 11.5 Å². The van der Waals surface area contributed by atoms with E-state index in [-0.39, 0.29) is 0 Å². The van der Waals surface area contributed by atoms with Crippen LogP contribution in [0.15, 0.2) is 36.4 Å². The van der Waals surface area contributed by atoms with Crippen molar-refractivity contribution in [3.05, 3.63) is 36.4 Å². The second kappa shape index (κ2) is 2.83. The molecule has 2 aromatic carbocycles. The quantitative estimate of drug-likeness (QED) is 0.554. The Morgan fingerprint density at radius 2 is 1.80 bits per heavy atom. The molecule has 0 saturated heterocycles. The molecule has 1 aliphatic heterocycles. The summed E-state index contributed by atoms with van der Waals surface area (Å²) in [6.45, 7) is 0. The first-order chi connectivity index (χ1) is 7.27. The number of nitrogens with zero attached hydrogens (tertiary/aromatic N) is 2. The average Bonchev–Trinajstić information content (AvgIpc) is 2.56. The Balaban J connectivity index is 2.33. The van der Waals surface area contributed by atoms with E-state index in [1.165, 1.54) is 10.3 Å². The highest BCUT2D eigenvalue weighted by Gasteiger charge is 2.23. The summed E-state index contributed by atoms with van der Waals surface area (Å²) >= 11 is 0. The van der Waals surface area contributed by atoms with Gasteiger partial charge in [0.05, 0.1) is 11.4 Å². The van der Waals surface area contributed by atoms with E-state index in [0.29, 0.717) is 0 Å². The number of benzene rings is 2. The minimum Gasteiger partial charge on any atom is -0.283 e. The van der Waals surface area contributed by atoms with E-state index in [4.69, 9.17) is 11.7 Å². The van der Waals surface area contributed by atoms with E-state index in [2.05, 4.69) is 11.5 Å². The van der Waals surface area contributed by atoms with E-state index in [1.807, 2.05) is 30.3 Å². The van der Waals surface area contributed by atoms with Crippen LogP contribution in [0.1, 0.15) is 0 Å². The number of rotatable bonds is 0. The molecule has 0 atom stereocenters. The summed E-state index contributed by atoms with van der Waals surface area (Å²) in [5.41, 5.74) is 4.82. The molecule has 1 heterocycles. The Hall–Kier alpha value is -1.82. The minimum atomic E-state index is 0.871. The second-order valence-electron chi connectivity index (χ2n) is 3.48. The van der Waals surface area contributed by atoms with Crippen LogP contribution in [-0.2, 0) is 0 Å². The smallest absolute Gasteiger partial charge is 0.0987 e. The SMILES string of the molecule is NN1Nc2c(ccc3ccccc23)N1N. The zero-order valence-corrected chi connectivity index (χ0v) is 8.01. The molecule has 3 rings (SSSR count). The van der Waals surface area contributed by atoms with Crippen LogP contribution in [-0.4, -0.2) is 5.23 Å². The van der Waals surface area contributed by atoms with Gasteiger partial charge in [0.15, 0.2) is 0 Å². The second-order valence-corrected chi connectivity index (χ2v) is 3.48. The molecule has 0 radical (unpaired) electrons. The van der Waals surface area contributed by atoms with Crippen molar-refractivity contribution >= 4 is 22.1 Å². The Bertz CT molecular complexity index is 524. The monoisotopic (exact) mass is 201 g/mol. The average molecular weight is 201 g/mol. The number of nitrogens with two attached hydrogens (primary N) is 2. The number of hydrazine groups is 4. The maximum absolute atomic E-state index is 5.75. The minimum absolute atomic E-state index is 0.871. The van der Waals surface area contributed by atoms with Crippen molar-refractivity contribution in [2.75, 3.05) is 10.5 Å². The molecule has 5 heteroatoms. The van der Waals surface area contributed by atoms with Crippen LogP contribution in [0, 0.1) is 0 Å². The molecular formula is C10H11N5. The van der Waals surface area contributed by atoms with Gasteiger partial charge in [-0.15, -0.1) is 0 Å². The molecule has 15 heavy (non-hydrogen) atoms. The summed E-state index contributed by atoms with van der Waals surface area (Å²) in [6, 6.07) is 12.0. The Labute approximate surface area is 86.7 Å². The van der Waals surface area contributed by atoms with Gasteiger partial charge in [-0.25, -0.2) is 16.8 Å². The van der Waals surface area contributed by atoms with E-state index in [9.17, 15) is 0 Å². The lowest BCUT2D eigenvalue weighted by Crippen LogP contribution is -2.50. The molecule has 5 nitrogen and oxygen atoms in total. The predicted molar refractivity (Wildman–Crippen MR) is 60.3 cm³/mol. The van der Waals surface area contributed by atoms with Crippen molar-refractivity contribution in [2.45, 2.75) is 0 Å². The Kier molecular flexibility index (Phi) is 1.60. The predicted octanol–water partition coefficient (Wildman–Crippen LogP) is 0.951. The summed E-state index contributed by atoms with van der Waals surface area (Å²) in [4.78, 5) is 0. The summed E-state index contributed by atoms with van der Waals surface area (Å²) in [6.07, 6.45) is 0. The molecule has 0 spiro atoms. The standard InChI is InChI=1S/C10H11N5/c11-14-9-6-5-7-3-1-2-4-8(7)10(9)13-15(14)12/h1-6,13H,11-12H2. The lowest BCUT2D eigenvalue weighted by molar-refractivity contribution is 0.333. The zero-order valence-electron chi connectivity index (χ0n) is 8.01. The van der Waals surface area contributed by atoms with Gasteiger partial charge in [0.1, 0.15) is 0 Å². The van der Waals surface area contributed by atoms with Gasteiger partial charge in [0.2, 0.25) is 0 Å². The normalized spacial score (nSPS) is 15.5. The molecule has 0 bridgehead atoms. The van der Waals surface area contributed by atoms with Gasteiger partial charge >= 0.3 is 0 Å². The van der Waals surface area contributed by atoms with E-state index >= 15 is 0 Å². The highest BCUT2D eigenvalue weighted by Crippen LogP contribution is 2.36. The molecule has 0 unspecified atom stereocenters. The lowest BCUT2D eigenvalue weighted by atomic mass is 10.1. The third kappa shape index (κ3) is 1.08.